The van der Waals surface area contributed by atoms with Gasteiger partial charge in [0.25, 0.3) is 5.91 Å². The number of carbonyl (C=O) groups is 1. The molecule has 3 heterocycles. The Kier molecular flexibility index (Phi) is 5.01. The van der Waals surface area contributed by atoms with E-state index in [0.717, 1.165) is 28.8 Å². The number of benzene rings is 2. The molecule has 0 saturated heterocycles. The van der Waals surface area contributed by atoms with Gasteiger partial charge >= 0.3 is 0 Å². The Morgan fingerprint density at radius 1 is 1.21 bits per heavy atom. The van der Waals surface area contributed by atoms with Gasteiger partial charge in [-0.05, 0) is 42.3 Å². The second-order valence-corrected chi connectivity index (χ2v) is 8.58. The molecule has 170 valence electrons. The van der Waals surface area contributed by atoms with Crippen LogP contribution in [0.3, 0.4) is 0 Å². The van der Waals surface area contributed by atoms with E-state index < -0.39 is 17.0 Å². The number of nitrogens with zero attached hydrogens (tertiary/aromatic N) is 5. The summed E-state index contributed by atoms with van der Waals surface area (Å²) in [6.07, 6.45) is 3.64. The molecule has 9 heteroatoms. The summed E-state index contributed by atoms with van der Waals surface area (Å²) in [5.41, 5.74) is 2.70. The van der Waals surface area contributed by atoms with Crippen molar-refractivity contribution in [3.05, 3.63) is 94.4 Å². The Morgan fingerprint density at radius 2 is 2.03 bits per heavy atom. The second kappa shape index (κ2) is 7.92. The quantitative estimate of drug-likeness (QED) is 0.459. The Bertz CT molecular complexity index is 1470. The summed E-state index contributed by atoms with van der Waals surface area (Å²) in [6.45, 7) is 2.63. The van der Waals surface area contributed by atoms with Crippen molar-refractivity contribution in [3.8, 4) is 17.4 Å². The molecule has 0 spiro atoms. The molecule has 0 radical (unpaired) electrons. The molecular formula is C25H19F2N5O2. The van der Waals surface area contributed by atoms with Gasteiger partial charge in [-0.3, -0.25) is 9.48 Å². The highest BCUT2D eigenvalue weighted by Gasteiger charge is 2.40. The lowest BCUT2D eigenvalue weighted by Gasteiger charge is -2.41. The molecule has 1 amide bonds. The van der Waals surface area contributed by atoms with E-state index in [-0.39, 0.29) is 22.9 Å². The summed E-state index contributed by atoms with van der Waals surface area (Å²) in [4.78, 5) is 15.1. The van der Waals surface area contributed by atoms with Crippen molar-refractivity contribution in [2.24, 2.45) is 7.05 Å². The molecule has 7 nitrogen and oxygen atoms in total. The van der Waals surface area contributed by atoms with Crippen molar-refractivity contribution in [1.82, 2.24) is 19.8 Å². The average Bonchev–Trinajstić information content (AvgIpc) is 3.48. The van der Waals surface area contributed by atoms with Crippen LogP contribution in [0.4, 0.5) is 8.78 Å². The van der Waals surface area contributed by atoms with Crippen LogP contribution in [0.15, 0.2) is 59.4 Å². The molecule has 4 aromatic rings. The molecule has 1 unspecified atom stereocenters. The predicted molar refractivity (Wildman–Crippen MR) is 117 cm³/mol. The van der Waals surface area contributed by atoms with Crippen molar-refractivity contribution in [3.63, 3.8) is 0 Å². The van der Waals surface area contributed by atoms with Crippen LogP contribution in [0, 0.1) is 23.0 Å². The number of halogens is 2. The molecule has 2 aromatic carbocycles. The van der Waals surface area contributed by atoms with Gasteiger partial charge in [0.15, 0.2) is 11.5 Å². The number of fused-ring (bicyclic) bond motifs is 1. The minimum Gasteiger partial charge on any atom is -0.355 e. The summed E-state index contributed by atoms with van der Waals surface area (Å²) >= 11 is 0. The topological polar surface area (TPSA) is 88.0 Å². The zero-order valence-corrected chi connectivity index (χ0v) is 18.4. The zero-order chi connectivity index (χ0) is 24.0. The van der Waals surface area contributed by atoms with Gasteiger partial charge in [-0.2, -0.15) is 10.4 Å². The third-order valence-corrected chi connectivity index (χ3v) is 6.26. The molecule has 0 N–H and O–H groups in total. The summed E-state index contributed by atoms with van der Waals surface area (Å²) in [5.74, 6) is -1.87. The number of carbonyl (C=O) groups excluding carboxylic acids is 1. The van der Waals surface area contributed by atoms with Gasteiger partial charge in [0.05, 0.1) is 23.4 Å². The van der Waals surface area contributed by atoms with E-state index in [2.05, 4.69) is 16.3 Å². The first-order valence-electron chi connectivity index (χ1n) is 10.5. The van der Waals surface area contributed by atoms with Crippen LogP contribution < -0.4 is 0 Å². The molecule has 0 bridgehead atoms. The maximum atomic E-state index is 14.2. The highest BCUT2D eigenvalue weighted by molar-refractivity contribution is 5.93. The van der Waals surface area contributed by atoms with Crippen LogP contribution in [0.1, 0.15) is 39.7 Å². The number of rotatable bonds is 3. The Morgan fingerprint density at radius 3 is 2.74 bits per heavy atom. The number of aryl methyl sites for hydroxylation is 1. The van der Waals surface area contributed by atoms with Gasteiger partial charge in [-0.15, -0.1) is 0 Å². The van der Waals surface area contributed by atoms with Crippen LogP contribution in [-0.4, -0.2) is 32.3 Å². The maximum absolute atomic E-state index is 14.2. The van der Waals surface area contributed by atoms with Gasteiger partial charge in [0.1, 0.15) is 11.6 Å². The van der Waals surface area contributed by atoms with Crippen LogP contribution >= 0.6 is 0 Å². The fourth-order valence-corrected chi connectivity index (χ4v) is 4.48. The lowest BCUT2D eigenvalue weighted by atomic mass is 9.72. The zero-order valence-electron chi connectivity index (χ0n) is 18.4. The van der Waals surface area contributed by atoms with E-state index in [1.54, 1.807) is 21.8 Å². The third kappa shape index (κ3) is 3.53. The van der Waals surface area contributed by atoms with E-state index in [4.69, 9.17) is 4.52 Å². The largest absolute Gasteiger partial charge is 0.355 e. The molecular weight excluding hydrogens is 440 g/mol. The number of aromatic nitrogens is 3. The van der Waals surface area contributed by atoms with E-state index in [0.29, 0.717) is 18.7 Å². The van der Waals surface area contributed by atoms with Crippen molar-refractivity contribution < 1.29 is 18.1 Å². The number of amides is 1. The molecule has 34 heavy (non-hydrogen) atoms. The summed E-state index contributed by atoms with van der Waals surface area (Å²) < 4.78 is 34.3. The molecule has 2 aromatic heterocycles. The summed E-state index contributed by atoms with van der Waals surface area (Å²) in [7, 11) is 1.82. The standard InChI is InChI=1S/C25H19F2N5O2/c1-25(17-11-29-31(2)13-17)14-32(12-16-4-3-15(10-28)7-20(16)25)24(33)22-9-23(34-30-22)19-6-5-18(26)8-21(19)27/h3-9,11,13H,12,14H2,1-2H3. The monoisotopic (exact) mass is 459 g/mol. The van der Waals surface area contributed by atoms with E-state index in [1.165, 1.54) is 12.1 Å². The smallest absolute Gasteiger partial charge is 0.276 e. The average molecular weight is 459 g/mol. The van der Waals surface area contributed by atoms with Gasteiger partial charge in [0.2, 0.25) is 0 Å². The van der Waals surface area contributed by atoms with Gasteiger partial charge < -0.3 is 9.42 Å². The normalized spacial score (nSPS) is 17.3. The van der Waals surface area contributed by atoms with Crippen LogP contribution in [0.2, 0.25) is 0 Å². The molecule has 1 aliphatic rings. The fourth-order valence-electron chi connectivity index (χ4n) is 4.48. The predicted octanol–water partition coefficient (Wildman–Crippen LogP) is 4.19. The third-order valence-electron chi connectivity index (χ3n) is 6.26. The molecule has 1 atom stereocenters. The Labute approximate surface area is 193 Å². The van der Waals surface area contributed by atoms with Gasteiger partial charge in [0, 0.05) is 49.4 Å². The van der Waals surface area contributed by atoms with Crippen molar-refractivity contribution in [2.75, 3.05) is 6.54 Å². The van der Waals surface area contributed by atoms with Crippen molar-refractivity contribution in [1.29, 1.82) is 5.26 Å². The molecule has 0 fully saturated rings. The van der Waals surface area contributed by atoms with E-state index in [1.807, 2.05) is 32.3 Å². The molecule has 0 aliphatic carbocycles. The minimum atomic E-state index is -0.806. The lowest BCUT2D eigenvalue weighted by Crippen LogP contribution is -2.47. The molecule has 0 saturated carbocycles. The lowest BCUT2D eigenvalue weighted by molar-refractivity contribution is 0.0685. The summed E-state index contributed by atoms with van der Waals surface area (Å²) in [6, 6.07) is 12.1. The number of hydrogen-bond donors (Lipinski definition) is 0. The van der Waals surface area contributed by atoms with E-state index >= 15 is 0 Å². The SMILES string of the molecule is Cn1cc(C2(C)CN(C(=O)c3cc(-c4ccc(F)cc4F)on3)Cc3ccc(C#N)cc32)cn1. The minimum absolute atomic E-state index is 0.0150. The molecule has 1 aliphatic heterocycles. The highest BCUT2D eigenvalue weighted by Crippen LogP contribution is 2.40. The highest BCUT2D eigenvalue weighted by atomic mass is 19.1. The van der Waals surface area contributed by atoms with Gasteiger partial charge in [-0.25, -0.2) is 8.78 Å². The number of nitriles is 1. The fraction of sp³-hybridized carbons (Fsp3) is 0.200. The number of hydrogen-bond acceptors (Lipinski definition) is 5. The first-order valence-corrected chi connectivity index (χ1v) is 10.5. The Balaban J connectivity index is 1.52. The van der Waals surface area contributed by atoms with Crippen molar-refractivity contribution >= 4 is 5.91 Å². The first kappa shape index (κ1) is 21.5. The van der Waals surface area contributed by atoms with Crippen molar-refractivity contribution in [2.45, 2.75) is 18.9 Å². The first-order chi connectivity index (χ1) is 16.3. The Hall–Kier alpha value is -4.32. The van der Waals surface area contributed by atoms with Crippen LogP contribution in [-0.2, 0) is 19.0 Å². The maximum Gasteiger partial charge on any atom is 0.276 e. The summed E-state index contributed by atoms with van der Waals surface area (Å²) in [5, 5.41) is 17.6. The van der Waals surface area contributed by atoms with Gasteiger partial charge in [-0.1, -0.05) is 11.2 Å². The second-order valence-electron chi connectivity index (χ2n) is 8.58. The molecule has 5 rings (SSSR count). The van der Waals surface area contributed by atoms with Crippen LogP contribution in [0.25, 0.3) is 11.3 Å². The van der Waals surface area contributed by atoms with Crippen LogP contribution in [0.5, 0.6) is 0 Å². The van der Waals surface area contributed by atoms with E-state index in [9.17, 15) is 18.8 Å².